The van der Waals surface area contributed by atoms with Crippen LogP contribution in [-0.4, -0.2) is 56.8 Å². The van der Waals surface area contributed by atoms with Crippen LogP contribution >= 0.6 is 0 Å². The van der Waals surface area contributed by atoms with Crippen LogP contribution in [0.5, 0.6) is 17.2 Å². The van der Waals surface area contributed by atoms with Crippen molar-refractivity contribution in [1.29, 1.82) is 5.26 Å². The van der Waals surface area contributed by atoms with Crippen LogP contribution < -0.4 is 14.2 Å². The highest BCUT2D eigenvalue weighted by Crippen LogP contribution is 2.29. The number of carbonyl (C=O) groups excluding carboxylic acids is 2. The molecule has 3 rings (SSSR count). The number of esters is 1. The molecule has 2 aromatic rings. The Morgan fingerprint density at radius 3 is 2.51 bits per heavy atom. The Balaban J connectivity index is 1.54. The van der Waals surface area contributed by atoms with Crippen LogP contribution in [0.25, 0.3) is 6.08 Å². The second-order valence-electron chi connectivity index (χ2n) is 7.91. The van der Waals surface area contributed by atoms with Gasteiger partial charge in [-0.2, -0.15) is 5.26 Å². The minimum Gasteiger partial charge on any atom is -0.494 e. The van der Waals surface area contributed by atoms with Crippen LogP contribution in [0.3, 0.4) is 0 Å². The molecule has 0 bridgehead atoms. The van der Waals surface area contributed by atoms with Gasteiger partial charge in [-0.1, -0.05) is 25.1 Å². The summed E-state index contributed by atoms with van der Waals surface area (Å²) in [5.41, 5.74) is 1.84. The second-order valence-corrected chi connectivity index (χ2v) is 7.91. The molecule has 8 nitrogen and oxygen atoms in total. The minimum absolute atomic E-state index is 0.0167. The molecule has 1 aliphatic rings. The summed E-state index contributed by atoms with van der Waals surface area (Å²) in [6, 6.07) is 14.7. The van der Waals surface area contributed by atoms with Crippen molar-refractivity contribution in [1.82, 2.24) is 4.90 Å². The first-order valence-electron chi connectivity index (χ1n) is 11.6. The number of amides is 1. The molecular weight excluding hydrogens is 448 g/mol. The molecule has 0 saturated carbocycles. The highest BCUT2D eigenvalue weighted by molar-refractivity contribution is 6.01. The average Bonchev–Trinajstić information content (AvgIpc) is 2.90. The molecule has 0 radical (unpaired) electrons. The third-order valence-corrected chi connectivity index (χ3v) is 5.50. The molecule has 1 heterocycles. The monoisotopic (exact) mass is 478 g/mol. The lowest BCUT2D eigenvalue weighted by Gasteiger charge is -2.26. The largest absolute Gasteiger partial charge is 0.494 e. The van der Waals surface area contributed by atoms with E-state index in [0.29, 0.717) is 50.6 Å². The first kappa shape index (κ1) is 25.8. The zero-order valence-corrected chi connectivity index (χ0v) is 20.1. The van der Waals surface area contributed by atoms with Crippen molar-refractivity contribution in [2.45, 2.75) is 26.2 Å². The lowest BCUT2D eigenvalue weighted by atomic mass is 10.1. The summed E-state index contributed by atoms with van der Waals surface area (Å²) in [5.74, 6) is 0.620. The van der Waals surface area contributed by atoms with Gasteiger partial charge in [0.15, 0.2) is 11.5 Å². The molecule has 1 amide bonds. The van der Waals surface area contributed by atoms with E-state index in [9.17, 15) is 14.9 Å². The molecule has 184 valence electrons. The number of nitrogens with zero attached hydrogens (tertiary/aromatic N) is 2. The number of ether oxygens (including phenoxy) is 4. The molecule has 0 aliphatic carbocycles. The number of hydrogen-bond donors (Lipinski definition) is 0. The molecule has 0 unspecified atom stereocenters. The quantitative estimate of drug-likeness (QED) is 0.168. The fourth-order valence-electron chi connectivity index (χ4n) is 3.51. The van der Waals surface area contributed by atoms with Gasteiger partial charge in [0.25, 0.3) is 5.91 Å². The fraction of sp³-hybridized carbons (Fsp3) is 0.370. The van der Waals surface area contributed by atoms with Crippen molar-refractivity contribution < 1.29 is 28.5 Å². The smallest absolute Gasteiger partial charge is 0.311 e. The predicted octanol–water partition coefficient (Wildman–Crippen LogP) is 3.79. The van der Waals surface area contributed by atoms with Gasteiger partial charge in [0, 0.05) is 19.5 Å². The van der Waals surface area contributed by atoms with E-state index in [1.54, 1.807) is 23.1 Å². The summed E-state index contributed by atoms with van der Waals surface area (Å²) in [4.78, 5) is 26.5. The third-order valence-electron chi connectivity index (χ3n) is 5.50. The fourth-order valence-corrected chi connectivity index (χ4v) is 3.51. The first-order chi connectivity index (χ1) is 17.0. The average molecular weight is 479 g/mol. The molecule has 1 saturated heterocycles. The summed E-state index contributed by atoms with van der Waals surface area (Å²) >= 11 is 0. The molecule has 0 spiro atoms. The van der Waals surface area contributed by atoms with Crippen molar-refractivity contribution in [3.05, 3.63) is 59.2 Å². The number of aryl methyl sites for hydroxylation is 1. The van der Waals surface area contributed by atoms with Gasteiger partial charge in [0.1, 0.15) is 17.4 Å². The Morgan fingerprint density at radius 2 is 1.86 bits per heavy atom. The Kier molecular flexibility index (Phi) is 9.69. The van der Waals surface area contributed by atoms with Gasteiger partial charge in [-0.15, -0.1) is 0 Å². The minimum atomic E-state index is -0.406. The standard InChI is InChI=1S/C27H30N2O6/c1-3-20-6-9-23(10-7-20)34-14-4-5-26(30)35-24-11-8-21(18-25(24)32-2)17-22(19-28)27(31)29-12-15-33-16-13-29/h6-11,17-18H,3-5,12-16H2,1-2H3/b22-17+. The Labute approximate surface area is 205 Å². The van der Waals surface area contributed by atoms with E-state index < -0.39 is 5.97 Å². The predicted molar refractivity (Wildman–Crippen MR) is 130 cm³/mol. The van der Waals surface area contributed by atoms with Gasteiger partial charge in [0.2, 0.25) is 0 Å². The number of nitriles is 1. The molecule has 35 heavy (non-hydrogen) atoms. The van der Waals surface area contributed by atoms with E-state index in [1.165, 1.54) is 18.7 Å². The van der Waals surface area contributed by atoms with Gasteiger partial charge < -0.3 is 23.8 Å². The van der Waals surface area contributed by atoms with Gasteiger partial charge in [0.05, 0.1) is 26.9 Å². The molecule has 1 fully saturated rings. The number of rotatable bonds is 10. The van der Waals surface area contributed by atoms with Crippen molar-refractivity contribution in [3.8, 4) is 23.3 Å². The van der Waals surface area contributed by atoms with Crippen LogP contribution in [-0.2, 0) is 20.7 Å². The van der Waals surface area contributed by atoms with Gasteiger partial charge in [-0.05, 0) is 54.3 Å². The molecule has 1 aliphatic heterocycles. The van der Waals surface area contributed by atoms with Crippen LogP contribution in [0, 0.1) is 11.3 Å². The summed E-state index contributed by atoms with van der Waals surface area (Å²) in [7, 11) is 1.46. The Hall–Kier alpha value is -3.83. The third kappa shape index (κ3) is 7.59. The van der Waals surface area contributed by atoms with Crippen molar-refractivity contribution in [3.63, 3.8) is 0 Å². The maximum absolute atomic E-state index is 12.6. The van der Waals surface area contributed by atoms with Crippen LogP contribution in [0.15, 0.2) is 48.0 Å². The van der Waals surface area contributed by atoms with Gasteiger partial charge >= 0.3 is 5.97 Å². The van der Waals surface area contributed by atoms with Crippen molar-refractivity contribution in [2.24, 2.45) is 0 Å². The highest BCUT2D eigenvalue weighted by Gasteiger charge is 2.21. The van der Waals surface area contributed by atoms with E-state index in [2.05, 4.69) is 6.92 Å². The van der Waals surface area contributed by atoms with Crippen LogP contribution in [0.4, 0.5) is 0 Å². The van der Waals surface area contributed by atoms with Gasteiger partial charge in [-0.3, -0.25) is 9.59 Å². The lowest BCUT2D eigenvalue weighted by Crippen LogP contribution is -2.41. The summed E-state index contributed by atoms with van der Waals surface area (Å²) in [5, 5.41) is 9.48. The molecular formula is C27H30N2O6. The molecule has 0 N–H and O–H groups in total. The molecule has 2 aromatic carbocycles. The van der Waals surface area contributed by atoms with Gasteiger partial charge in [-0.25, -0.2) is 0 Å². The number of hydrogen-bond acceptors (Lipinski definition) is 7. The topological polar surface area (TPSA) is 98.1 Å². The normalized spacial score (nSPS) is 13.6. The summed E-state index contributed by atoms with van der Waals surface area (Å²) in [6.45, 7) is 4.30. The SMILES string of the molecule is CCc1ccc(OCCCC(=O)Oc2ccc(/C=C(\C#N)C(=O)N3CCOCC3)cc2OC)cc1. The molecule has 8 heteroatoms. The first-order valence-corrected chi connectivity index (χ1v) is 11.6. The number of methoxy groups -OCH3 is 1. The van der Waals surface area contributed by atoms with Crippen molar-refractivity contribution >= 4 is 18.0 Å². The summed E-state index contributed by atoms with van der Waals surface area (Å²) in [6.07, 6.45) is 3.16. The van der Waals surface area contributed by atoms with Crippen molar-refractivity contribution in [2.75, 3.05) is 40.0 Å². The Morgan fingerprint density at radius 1 is 1.11 bits per heavy atom. The zero-order chi connectivity index (χ0) is 25.0. The van der Waals surface area contributed by atoms with E-state index in [0.717, 1.165) is 12.2 Å². The highest BCUT2D eigenvalue weighted by atomic mass is 16.6. The molecule has 0 atom stereocenters. The number of morpholine rings is 1. The second kappa shape index (κ2) is 13.2. The lowest BCUT2D eigenvalue weighted by molar-refractivity contribution is -0.134. The molecule has 0 aromatic heterocycles. The van der Waals surface area contributed by atoms with Crippen LogP contribution in [0.2, 0.25) is 0 Å². The zero-order valence-electron chi connectivity index (χ0n) is 20.1. The Bertz CT molecular complexity index is 1080. The maximum atomic E-state index is 12.6. The van der Waals surface area contributed by atoms with E-state index in [4.69, 9.17) is 18.9 Å². The maximum Gasteiger partial charge on any atom is 0.311 e. The number of carbonyl (C=O) groups is 2. The summed E-state index contributed by atoms with van der Waals surface area (Å²) < 4.78 is 21.7. The number of benzene rings is 2. The van der Waals surface area contributed by atoms with E-state index in [-0.39, 0.29) is 23.7 Å². The van der Waals surface area contributed by atoms with E-state index in [1.807, 2.05) is 30.3 Å². The van der Waals surface area contributed by atoms with E-state index >= 15 is 0 Å². The van der Waals surface area contributed by atoms with Crippen LogP contribution in [0.1, 0.15) is 30.9 Å².